The molecule has 0 aromatic heterocycles. The fourth-order valence-electron chi connectivity index (χ4n) is 7.19. The van der Waals surface area contributed by atoms with Crippen LogP contribution in [-0.2, 0) is 11.8 Å². The molecule has 1 aliphatic heterocycles. The molecule has 0 atom stereocenters. The van der Waals surface area contributed by atoms with Gasteiger partial charge in [0.25, 0.3) is 0 Å². The summed E-state index contributed by atoms with van der Waals surface area (Å²) >= 11 is 0. The van der Waals surface area contributed by atoms with Crippen molar-refractivity contribution >= 4 is 21.5 Å². The molecule has 2 N–H and O–H groups in total. The SMILES string of the molecule is CCc1c(O)ccc2c3c(ccc12)C1(c2ccccc2-c2ccccc21)c1ccc2c(C)c(O)ccc2c1O3. The second kappa shape index (κ2) is 7.64. The molecular formula is C36H26O3. The molecular weight excluding hydrogens is 480 g/mol. The lowest BCUT2D eigenvalue weighted by Gasteiger charge is -2.40. The summed E-state index contributed by atoms with van der Waals surface area (Å²) in [5.74, 6) is 2.22. The van der Waals surface area contributed by atoms with Crippen molar-refractivity contribution < 1.29 is 14.9 Å². The summed E-state index contributed by atoms with van der Waals surface area (Å²) in [5.41, 5.74) is 8.31. The molecule has 3 nitrogen and oxygen atoms in total. The Hall–Kier alpha value is -4.76. The summed E-state index contributed by atoms with van der Waals surface area (Å²) in [6.07, 6.45) is 0.719. The molecule has 0 saturated carbocycles. The molecule has 6 aromatic carbocycles. The normalized spacial score (nSPS) is 14.1. The van der Waals surface area contributed by atoms with Crippen molar-refractivity contribution in [1.29, 1.82) is 0 Å². The quantitative estimate of drug-likeness (QED) is 0.234. The van der Waals surface area contributed by atoms with E-state index in [9.17, 15) is 10.2 Å². The minimum absolute atomic E-state index is 0.276. The van der Waals surface area contributed by atoms with Crippen molar-refractivity contribution in [3.8, 4) is 34.1 Å². The summed E-state index contributed by atoms with van der Waals surface area (Å²) in [5, 5.41) is 25.1. The highest BCUT2D eigenvalue weighted by Crippen LogP contribution is 2.64. The molecule has 188 valence electrons. The van der Waals surface area contributed by atoms with Crippen LogP contribution in [0.2, 0.25) is 0 Å². The van der Waals surface area contributed by atoms with Gasteiger partial charge in [0.15, 0.2) is 0 Å². The highest BCUT2D eigenvalue weighted by molar-refractivity contribution is 6.01. The van der Waals surface area contributed by atoms with Crippen molar-refractivity contribution in [1.82, 2.24) is 0 Å². The van der Waals surface area contributed by atoms with E-state index in [0.29, 0.717) is 5.75 Å². The van der Waals surface area contributed by atoms with Gasteiger partial charge in [0, 0.05) is 27.5 Å². The van der Waals surface area contributed by atoms with Gasteiger partial charge in [-0.2, -0.15) is 0 Å². The molecule has 0 fully saturated rings. The van der Waals surface area contributed by atoms with Crippen LogP contribution in [0.25, 0.3) is 32.7 Å². The van der Waals surface area contributed by atoms with Crippen molar-refractivity contribution in [2.24, 2.45) is 0 Å². The van der Waals surface area contributed by atoms with Gasteiger partial charge in [0.05, 0.1) is 5.41 Å². The monoisotopic (exact) mass is 506 g/mol. The minimum Gasteiger partial charge on any atom is -0.508 e. The molecule has 1 spiro atoms. The lowest BCUT2D eigenvalue weighted by atomic mass is 9.65. The highest BCUT2D eigenvalue weighted by atomic mass is 16.5. The minimum atomic E-state index is -0.575. The predicted molar refractivity (Wildman–Crippen MR) is 156 cm³/mol. The zero-order chi connectivity index (χ0) is 26.5. The van der Waals surface area contributed by atoms with Gasteiger partial charge in [-0.25, -0.2) is 0 Å². The van der Waals surface area contributed by atoms with Gasteiger partial charge in [-0.3, -0.25) is 0 Å². The summed E-state index contributed by atoms with van der Waals surface area (Å²) in [6.45, 7) is 4.01. The van der Waals surface area contributed by atoms with Gasteiger partial charge in [-0.1, -0.05) is 79.7 Å². The third-order valence-corrected chi connectivity index (χ3v) is 8.95. The number of rotatable bonds is 1. The Morgan fingerprint density at radius 3 is 1.69 bits per heavy atom. The number of aromatic hydroxyl groups is 2. The van der Waals surface area contributed by atoms with Crippen LogP contribution in [0.5, 0.6) is 23.0 Å². The van der Waals surface area contributed by atoms with Crippen LogP contribution in [0.3, 0.4) is 0 Å². The third kappa shape index (κ3) is 2.62. The molecule has 2 aliphatic rings. The van der Waals surface area contributed by atoms with Crippen molar-refractivity contribution in [2.75, 3.05) is 0 Å². The molecule has 3 heteroatoms. The molecule has 6 aromatic rings. The van der Waals surface area contributed by atoms with Gasteiger partial charge in [0.2, 0.25) is 0 Å². The van der Waals surface area contributed by atoms with Gasteiger partial charge >= 0.3 is 0 Å². The standard InChI is InChI=1S/C36H26O3/c1-3-21-23-13-17-31-35(27(23)15-19-33(21)38)39-34-26-14-18-32(37)20(2)22(26)12-16-30(34)36(31)28-10-6-4-8-24(28)25-9-5-7-11-29(25)36/h4-19,37-38H,3H2,1-2H3. The number of hydrogen-bond donors (Lipinski definition) is 2. The van der Waals surface area contributed by atoms with E-state index in [2.05, 4.69) is 79.7 Å². The zero-order valence-corrected chi connectivity index (χ0v) is 21.7. The first-order chi connectivity index (χ1) is 19.1. The molecule has 1 aliphatic carbocycles. The van der Waals surface area contributed by atoms with Crippen molar-refractivity contribution in [3.05, 3.63) is 130 Å². The number of phenols is 2. The maximum Gasteiger partial charge on any atom is 0.140 e. The average Bonchev–Trinajstić information content (AvgIpc) is 3.26. The average molecular weight is 507 g/mol. The van der Waals surface area contributed by atoms with E-state index in [1.165, 1.54) is 22.3 Å². The van der Waals surface area contributed by atoms with E-state index in [4.69, 9.17) is 4.74 Å². The van der Waals surface area contributed by atoms with Crippen molar-refractivity contribution in [3.63, 3.8) is 0 Å². The number of fused-ring (bicyclic) bond motifs is 13. The second-order valence-corrected chi connectivity index (χ2v) is 10.6. The molecule has 0 bridgehead atoms. The molecule has 39 heavy (non-hydrogen) atoms. The van der Waals surface area contributed by atoms with E-state index in [1.54, 1.807) is 12.1 Å². The molecule has 0 saturated heterocycles. The third-order valence-electron chi connectivity index (χ3n) is 8.95. The van der Waals surface area contributed by atoms with Crippen LogP contribution in [-0.4, -0.2) is 10.2 Å². The molecule has 8 rings (SSSR count). The summed E-state index contributed by atoms with van der Waals surface area (Å²) in [6, 6.07) is 33.6. The number of ether oxygens (including phenoxy) is 1. The van der Waals surface area contributed by atoms with Crippen molar-refractivity contribution in [2.45, 2.75) is 25.7 Å². The first-order valence-electron chi connectivity index (χ1n) is 13.5. The van der Waals surface area contributed by atoms with E-state index in [0.717, 1.165) is 61.7 Å². The Kier molecular flexibility index (Phi) is 4.36. The molecule has 0 radical (unpaired) electrons. The second-order valence-electron chi connectivity index (χ2n) is 10.6. The first-order valence-corrected chi connectivity index (χ1v) is 13.5. The summed E-state index contributed by atoms with van der Waals surface area (Å²) < 4.78 is 6.99. The predicted octanol–water partition coefficient (Wildman–Crippen LogP) is 8.74. The maximum absolute atomic E-state index is 10.7. The highest BCUT2D eigenvalue weighted by Gasteiger charge is 2.51. The molecule has 0 unspecified atom stereocenters. The number of phenolic OH excluding ortho intramolecular Hbond substituents is 2. The lowest BCUT2D eigenvalue weighted by Crippen LogP contribution is -2.32. The first kappa shape index (κ1) is 22.2. The maximum atomic E-state index is 10.7. The van der Waals surface area contributed by atoms with Crippen LogP contribution >= 0.6 is 0 Å². The van der Waals surface area contributed by atoms with E-state index in [-0.39, 0.29) is 5.75 Å². The van der Waals surface area contributed by atoms with Crippen LogP contribution in [0.4, 0.5) is 0 Å². The lowest BCUT2D eigenvalue weighted by molar-refractivity contribution is 0.446. The van der Waals surface area contributed by atoms with E-state index < -0.39 is 5.41 Å². The van der Waals surface area contributed by atoms with Crippen LogP contribution in [0.15, 0.2) is 97.1 Å². The summed E-state index contributed by atoms with van der Waals surface area (Å²) in [4.78, 5) is 0. The number of hydrogen-bond acceptors (Lipinski definition) is 3. The topological polar surface area (TPSA) is 49.7 Å². The van der Waals surface area contributed by atoms with Gasteiger partial charge in [-0.15, -0.1) is 0 Å². The van der Waals surface area contributed by atoms with E-state index in [1.807, 2.05) is 19.1 Å². The largest absolute Gasteiger partial charge is 0.508 e. The Morgan fingerprint density at radius 2 is 1.08 bits per heavy atom. The Bertz CT molecular complexity index is 1970. The zero-order valence-electron chi connectivity index (χ0n) is 21.7. The fourth-order valence-corrected chi connectivity index (χ4v) is 7.19. The van der Waals surface area contributed by atoms with E-state index >= 15 is 0 Å². The Labute approximate surface area is 226 Å². The molecule has 1 heterocycles. The smallest absolute Gasteiger partial charge is 0.140 e. The number of benzene rings is 6. The van der Waals surface area contributed by atoms with Gasteiger partial charge < -0.3 is 14.9 Å². The van der Waals surface area contributed by atoms with Crippen LogP contribution in [0.1, 0.15) is 40.3 Å². The van der Waals surface area contributed by atoms with Crippen LogP contribution in [0, 0.1) is 6.92 Å². The van der Waals surface area contributed by atoms with Gasteiger partial charge in [0.1, 0.15) is 23.0 Å². The van der Waals surface area contributed by atoms with Crippen LogP contribution < -0.4 is 4.74 Å². The number of aryl methyl sites for hydroxylation is 2. The summed E-state index contributed by atoms with van der Waals surface area (Å²) in [7, 11) is 0. The Morgan fingerprint density at radius 1 is 0.564 bits per heavy atom. The Balaban J connectivity index is 1.60. The van der Waals surface area contributed by atoms with Gasteiger partial charge in [-0.05, 0) is 76.2 Å². The fraction of sp³-hybridized carbons (Fsp3) is 0.111. The molecule has 0 amide bonds.